The van der Waals surface area contributed by atoms with Crippen molar-refractivity contribution in [2.45, 2.75) is 44.9 Å². The summed E-state index contributed by atoms with van der Waals surface area (Å²) in [6.07, 6.45) is 5.44. The van der Waals surface area contributed by atoms with Gasteiger partial charge < -0.3 is 24.1 Å². The van der Waals surface area contributed by atoms with Crippen molar-refractivity contribution < 1.29 is 14.2 Å². The van der Waals surface area contributed by atoms with Crippen LogP contribution in [0.15, 0.2) is 48.9 Å². The van der Waals surface area contributed by atoms with Gasteiger partial charge >= 0.3 is 0 Å². The van der Waals surface area contributed by atoms with Crippen molar-refractivity contribution in [3.05, 3.63) is 60.0 Å². The molecule has 1 N–H and O–H groups in total. The molecule has 4 aromatic rings. The topological polar surface area (TPSA) is 96.2 Å². The molecule has 1 atom stereocenters. The van der Waals surface area contributed by atoms with Crippen molar-refractivity contribution in [2.75, 3.05) is 26.3 Å². The summed E-state index contributed by atoms with van der Waals surface area (Å²) in [5.74, 6) is 1.87. The average molecular weight is 487 g/mol. The van der Waals surface area contributed by atoms with Gasteiger partial charge in [-0.15, -0.1) is 0 Å². The molecule has 0 bridgehead atoms. The summed E-state index contributed by atoms with van der Waals surface area (Å²) in [5.41, 5.74) is 4.31. The summed E-state index contributed by atoms with van der Waals surface area (Å²) < 4.78 is 20.0. The Balaban J connectivity index is 1.36. The third kappa shape index (κ3) is 4.76. The van der Waals surface area contributed by atoms with Gasteiger partial charge in [0.25, 0.3) is 0 Å². The minimum atomic E-state index is -0.168. The lowest BCUT2D eigenvalue weighted by Gasteiger charge is -2.23. The molecular formula is C27H30N6O3. The van der Waals surface area contributed by atoms with Gasteiger partial charge in [-0.2, -0.15) is 4.98 Å². The van der Waals surface area contributed by atoms with Crippen LogP contribution in [0, 0.1) is 6.92 Å². The normalized spacial score (nSPS) is 18.8. The van der Waals surface area contributed by atoms with Gasteiger partial charge in [0.15, 0.2) is 11.2 Å². The van der Waals surface area contributed by atoms with Crippen LogP contribution in [-0.2, 0) is 11.3 Å². The highest BCUT2D eigenvalue weighted by molar-refractivity contribution is 5.82. The third-order valence-electron chi connectivity index (χ3n) is 6.73. The predicted octanol–water partition coefficient (Wildman–Crippen LogP) is 3.54. The Hall–Kier alpha value is -3.56. The molecular weight excluding hydrogens is 456 g/mol. The van der Waals surface area contributed by atoms with Crippen LogP contribution in [0.2, 0.25) is 0 Å². The van der Waals surface area contributed by atoms with Gasteiger partial charge in [-0.1, -0.05) is 30.3 Å². The van der Waals surface area contributed by atoms with Crippen LogP contribution in [0.3, 0.4) is 0 Å². The Kier molecular flexibility index (Phi) is 6.02. The summed E-state index contributed by atoms with van der Waals surface area (Å²) in [5, 5.41) is 3.32. The third-order valence-corrected chi connectivity index (χ3v) is 6.73. The molecule has 36 heavy (non-hydrogen) atoms. The van der Waals surface area contributed by atoms with E-state index < -0.39 is 0 Å². The Labute approximate surface area is 209 Å². The van der Waals surface area contributed by atoms with Gasteiger partial charge in [-0.25, -0.2) is 15.0 Å². The molecule has 9 nitrogen and oxygen atoms in total. The van der Waals surface area contributed by atoms with Crippen LogP contribution in [-0.4, -0.2) is 62.5 Å². The molecule has 0 radical (unpaired) electrons. The number of imidazole rings is 1. The average Bonchev–Trinajstić information content (AvgIpc) is 3.52. The molecule has 4 heterocycles. The number of hydrogen-bond donors (Lipinski definition) is 1. The van der Waals surface area contributed by atoms with Crippen LogP contribution in [0.4, 0.5) is 0 Å². The molecule has 2 aliphatic rings. The van der Waals surface area contributed by atoms with Crippen molar-refractivity contribution >= 4 is 11.2 Å². The number of aromatic nitrogens is 5. The lowest BCUT2D eigenvalue weighted by molar-refractivity contribution is -0.000748. The van der Waals surface area contributed by atoms with Crippen molar-refractivity contribution in [1.29, 1.82) is 0 Å². The van der Waals surface area contributed by atoms with E-state index in [4.69, 9.17) is 19.2 Å². The Bertz CT molecular complexity index is 1360. The first-order chi connectivity index (χ1) is 17.6. The largest absolute Gasteiger partial charge is 0.475 e. The maximum Gasteiger partial charge on any atom is 0.245 e. The Morgan fingerprint density at radius 1 is 1.17 bits per heavy atom. The van der Waals surface area contributed by atoms with E-state index in [1.165, 1.54) is 0 Å². The zero-order chi connectivity index (χ0) is 24.5. The van der Waals surface area contributed by atoms with Crippen LogP contribution < -0.4 is 14.8 Å². The number of nitrogens with zero attached hydrogens (tertiary/aromatic N) is 5. The van der Waals surface area contributed by atoms with E-state index in [-0.39, 0.29) is 11.7 Å². The number of rotatable bonds is 8. The number of aryl methyl sites for hydroxylation is 1. The van der Waals surface area contributed by atoms with E-state index in [0.29, 0.717) is 37.0 Å². The standard InChI is InChI=1S/C27H30N6O3/c1-18-12-22(35-16-20-13-28-10-11-34-20)29-14-21(18)24-32-23-25(33(24)15-19-6-4-3-5-7-19)30-17-31-26(23)36-27(2)8-9-27/h3-7,12,14,17,20,28H,8-11,13,15-16H2,1-2H3/t20-/m1/s1. The molecule has 3 aromatic heterocycles. The van der Waals surface area contributed by atoms with Gasteiger partial charge in [0.1, 0.15) is 30.5 Å². The van der Waals surface area contributed by atoms with E-state index >= 15 is 0 Å². The first-order valence-corrected chi connectivity index (χ1v) is 12.4. The summed E-state index contributed by atoms with van der Waals surface area (Å²) in [6.45, 7) is 7.58. The molecule has 0 spiro atoms. The first kappa shape index (κ1) is 22.9. The molecule has 0 unspecified atom stereocenters. The molecule has 6 rings (SSSR count). The van der Waals surface area contributed by atoms with Gasteiger partial charge in [0, 0.05) is 30.9 Å². The highest BCUT2D eigenvalue weighted by Crippen LogP contribution is 2.41. The second-order valence-electron chi connectivity index (χ2n) is 9.76. The molecule has 1 saturated carbocycles. The number of benzene rings is 1. The van der Waals surface area contributed by atoms with Gasteiger partial charge in [0.2, 0.25) is 11.8 Å². The van der Waals surface area contributed by atoms with Gasteiger partial charge in [0.05, 0.1) is 13.2 Å². The highest BCUT2D eigenvalue weighted by Gasteiger charge is 2.41. The van der Waals surface area contributed by atoms with Crippen LogP contribution in [0.5, 0.6) is 11.8 Å². The van der Waals surface area contributed by atoms with E-state index in [1.807, 2.05) is 37.4 Å². The second kappa shape index (κ2) is 9.48. The van der Waals surface area contributed by atoms with Gasteiger partial charge in [-0.05, 0) is 37.8 Å². The number of fused-ring (bicyclic) bond motifs is 1. The van der Waals surface area contributed by atoms with Crippen molar-refractivity contribution in [1.82, 2.24) is 29.8 Å². The van der Waals surface area contributed by atoms with Crippen LogP contribution >= 0.6 is 0 Å². The van der Waals surface area contributed by atoms with E-state index in [0.717, 1.165) is 54.1 Å². The van der Waals surface area contributed by atoms with E-state index in [9.17, 15) is 0 Å². The molecule has 0 amide bonds. The number of hydrogen-bond acceptors (Lipinski definition) is 8. The van der Waals surface area contributed by atoms with Crippen molar-refractivity contribution in [3.8, 4) is 23.1 Å². The summed E-state index contributed by atoms with van der Waals surface area (Å²) in [7, 11) is 0. The van der Waals surface area contributed by atoms with Gasteiger partial charge in [-0.3, -0.25) is 0 Å². The molecule has 1 saturated heterocycles. The summed E-state index contributed by atoms with van der Waals surface area (Å²) >= 11 is 0. The maximum atomic E-state index is 6.24. The number of nitrogens with one attached hydrogen (secondary N) is 1. The van der Waals surface area contributed by atoms with Crippen LogP contribution in [0.1, 0.15) is 30.9 Å². The molecule has 1 aliphatic heterocycles. The molecule has 2 fully saturated rings. The minimum absolute atomic E-state index is 0.0286. The number of morpholine rings is 1. The molecule has 9 heteroatoms. The smallest absolute Gasteiger partial charge is 0.245 e. The number of pyridine rings is 1. The molecule has 186 valence electrons. The fourth-order valence-corrected chi connectivity index (χ4v) is 4.37. The monoisotopic (exact) mass is 486 g/mol. The molecule has 1 aliphatic carbocycles. The van der Waals surface area contributed by atoms with Crippen molar-refractivity contribution in [2.24, 2.45) is 0 Å². The SMILES string of the molecule is Cc1cc(OC[C@H]2CNCCO2)ncc1-c1nc2c(OC3(C)CC3)ncnc2n1Cc1ccccc1. The van der Waals surface area contributed by atoms with E-state index in [2.05, 4.69) is 43.9 Å². The zero-order valence-corrected chi connectivity index (χ0v) is 20.6. The fraction of sp³-hybridized carbons (Fsp3) is 0.407. The fourth-order valence-electron chi connectivity index (χ4n) is 4.37. The number of ether oxygens (including phenoxy) is 3. The quantitative estimate of drug-likeness (QED) is 0.404. The maximum absolute atomic E-state index is 6.24. The lowest BCUT2D eigenvalue weighted by Crippen LogP contribution is -2.41. The van der Waals surface area contributed by atoms with Crippen molar-refractivity contribution in [3.63, 3.8) is 0 Å². The zero-order valence-electron chi connectivity index (χ0n) is 20.6. The highest BCUT2D eigenvalue weighted by atomic mass is 16.5. The van der Waals surface area contributed by atoms with E-state index in [1.54, 1.807) is 6.33 Å². The second-order valence-corrected chi connectivity index (χ2v) is 9.76. The minimum Gasteiger partial charge on any atom is -0.475 e. The summed E-state index contributed by atoms with van der Waals surface area (Å²) in [4.78, 5) is 18.6. The molecule has 1 aromatic carbocycles. The lowest BCUT2D eigenvalue weighted by atomic mass is 10.1. The van der Waals surface area contributed by atoms with Crippen LogP contribution in [0.25, 0.3) is 22.6 Å². The summed E-state index contributed by atoms with van der Waals surface area (Å²) in [6, 6.07) is 12.2. The predicted molar refractivity (Wildman–Crippen MR) is 135 cm³/mol. The Morgan fingerprint density at radius 2 is 2.03 bits per heavy atom. The first-order valence-electron chi connectivity index (χ1n) is 12.4. The Morgan fingerprint density at radius 3 is 2.78 bits per heavy atom.